The molecular formula is C11H12ClN3O. The number of likely N-dealkylation sites (N-methyl/N-ethyl adjacent to an activating group) is 1. The van der Waals surface area contributed by atoms with Crippen molar-refractivity contribution in [1.29, 1.82) is 5.26 Å². The number of hydrogen-bond donors (Lipinski definition) is 1. The van der Waals surface area contributed by atoms with Crippen LogP contribution in [0.5, 0.6) is 0 Å². The summed E-state index contributed by atoms with van der Waals surface area (Å²) in [5, 5.41) is 9.14. The van der Waals surface area contributed by atoms with E-state index in [2.05, 4.69) is 0 Å². The number of nitrogens with zero attached hydrogens (tertiary/aromatic N) is 2. The molecule has 0 saturated carbocycles. The zero-order valence-corrected chi connectivity index (χ0v) is 9.66. The minimum absolute atomic E-state index is 0.113. The molecule has 1 amide bonds. The van der Waals surface area contributed by atoms with Gasteiger partial charge in [0.1, 0.15) is 0 Å². The Bertz CT molecular complexity index is 439. The summed E-state index contributed by atoms with van der Waals surface area (Å²) in [6.07, 6.45) is 0. The number of hydrogen-bond acceptors (Lipinski definition) is 3. The fraction of sp³-hybridized carbons (Fsp3) is 0.273. The van der Waals surface area contributed by atoms with Gasteiger partial charge in [-0.15, -0.1) is 0 Å². The van der Waals surface area contributed by atoms with E-state index in [-0.39, 0.29) is 6.54 Å². The van der Waals surface area contributed by atoms with Crippen molar-refractivity contribution in [2.75, 3.05) is 18.0 Å². The van der Waals surface area contributed by atoms with E-state index in [1.807, 2.05) is 13.0 Å². The van der Waals surface area contributed by atoms with E-state index in [1.165, 1.54) is 0 Å². The normalized spacial score (nSPS) is 9.56. The molecule has 0 aliphatic heterocycles. The number of primary amides is 1. The summed E-state index contributed by atoms with van der Waals surface area (Å²) < 4.78 is 0. The third-order valence-electron chi connectivity index (χ3n) is 2.15. The zero-order chi connectivity index (χ0) is 12.1. The lowest BCUT2D eigenvalue weighted by Gasteiger charge is -2.22. The number of nitrogens with two attached hydrogens (primary N) is 1. The van der Waals surface area contributed by atoms with Gasteiger partial charge in [-0.05, 0) is 25.1 Å². The van der Waals surface area contributed by atoms with Crippen LogP contribution >= 0.6 is 11.6 Å². The van der Waals surface area contributed by atoms with E-state index in [4.69, 9.17) is 22.6 Å². The second-order valence-electron chi connectivity index (χ2n) is 3.26. The summed E-state index contributed by atoms with van der Waals surface area (Å²) in [5.74, 6) is -0.415. The molecule has 0 spiro atoms. The average Bonchev–Trinajstić information content (AvgIpc) is 2.25. The van der Waals surface area contributed by atoms with Gasteiger partial charge in [-0.1, -0.05) is 11.6 Å². The average molecular weight is 238 g/mol. The summed E-state index contributed by atoms with van der Waals surface area (Å²) in [5.41, 5.74) is 6.34. The maximum atomic E-state index is 10.9. The lowest BCUT2D eigenvalue weighted by Crippen LogP contribution is -2.33. The van der Waals surface area contributed by atoms with Gasteiger partial charge >= 0.3 is 0 Å². The zero-order valence-electron chi connectivity index (χ0n) is 8.90. The first-order valence-electron chi connectivity index (χ1n) is 4.81. The van der Waals surface area contributed by atoms with Crippen LogP contribution in [0.15, 0.2) is 18.2 Å². The number of amides is 1. The smallest absolute Gasteiger partial charge is 0.236 e. The second-order valence-corrected chi connectivity index (χ2v) is 3.67. The Hall–Kier alpha value is -1.73. The predicted molar refractivity (Wildman–Crippen MR) is 63.2 cm³/mol. The predicted octanol–water partition coefficient (Wildman–Crippen LogP) is 1.52. The van der Waals surface area contributed by atoms with Crippen LogP contribution in [0.4, 0.5) is 5.69 Å². The monoisotopic (exact) mass is 237 g/mol. The lowest BCUT2D eigenvalue weighted by atomic mass is 10.2. The topological polar surface area (TPSA) is 70.1 Å². The Morgan fingerprint density at radius 1 is 1.62 bits per heavy atom. The molecule has 0 aliphatic carbocycles. The first kappa shape index (κ1) is 12.3. The molecule has 0 aromatic heterocycles. The summed E-state index contributed by atoms with van der Waals surface area (Å²) >= 11 is 6.02. The van der Waals surface area contributed by atoms with Gasteiger partial charge in [0.2, 0.25) is 5.91 Å². The van der Waals surface area contributed by atoms with E-state index < -0.39 is 5.91 Å². The van der Waals surface area contributed by atoms with Gasteiger partial charge in [-0.2, -0.15) is 5.26 Å². The van der Waals surface area contributed by atoms with Crippen molar-refractivity contribution >= 4 is 23.2 Å². The molecule has 2 N–H and O–H groups in total. The molecule has 16 heavy (non-hydrogen) atoms. The fourth-order valence-electron chi connectivity index (χ4n) is 1.39. The van der Waals surface area contributed by atoms with Crippen LogP contribution in [-0.4, -0.2) is 19.0 Å². The maximum Gasteiger partial charge on any atom is 0.236 e. The summed E-state index contributed by atoms with van der Waals surface area (Å²) in [6, 6.07) is 6.94. The van der Waals surface area contributed by atoms with E-state index >= 15 is 0 Å². The molecule has 0 atom stereocenters. The quantitative estimate of drug-likeness (QED) is 0.863. The van der Waals surface area contributed by atoms with Crippen molar-refractivity contribution in [2.45, 2.75) is 6.92 Å². The number of carbonyl (C=O) groups excluding carboxylic acids is 1. The van der Waals surface area contributed by atoms with Gasteiger partial charge in [0, 0.05) is 6.54 Å². The third-order valence-corrected chi connectivity index (χ3v) is 2.45. The Balaban J connectivity index is 3.02. The van der Waals surface area contributed by atoms with E-state index in [9.17, 15) is 4.79 Å². The molecule has 1 rings (SSSR count). The minimum atomic E-state index is -0.415. The Morgan fingerprint density at radius 3 is 2.75 bits per heavy atom. The number of rotatable bonds is 4. The van der Waals surface area contributed by atoms with Gasteiger partial charge in [0.05, 0.1) is 28.9 Å². The van der Waals surface area contributed by atoms with E-state index in [0.717, 1.165) is 0 Å². The number of halogens is 1. The first-order valence-corrected chi connectivity index (χ1v) is 5.19. The largest absolute Gasteiger partial charge is 0.368 e. The first-order chi connectivity index (χ1) is 7.58. The summed E-state index contributed by atoms with van der Waals surface area (Å²) in [7, 11) is 0. The molecule has 1 aromatic rings. The Morgan fingerprint density at radius 2 is 2.31 bits per heavy atom. The highest BCUT2D eigenvalue weighted by atomic mass is 35.5. The summed E-state index contributed by atoms with van der Waals surface area (Å²) in [4.78, 5) is 12.6. The van der Waals surface area contributed by atoms with Crippen LogP contribution in [0.1, 0.15) is 12.5 Å². The van der Waals surface area contributed by atoms with Gasteiger partial charge in [-0.25, -0.2) is 0 Å². The molecule has 84 valence electrons. The van der Waals surface area contributed by atoms with Gasteiger partial charge in [-0.3, -0.25) is 4.79 Å². The molecule has 0 bridgehead atoms. The van der Waals surface area contributed by atoms with E-state index in [0.29, 0.717) is 22.8 Å². The molecule has 0 radical (unpaired) electrons. The number of carbonyl (C=O) groups is 1. The van der Waals surface area contributed by atoms with Crippen LogP contribution in [0.2, 0.25) is 5.02 Å². The molecular weight excluding hydrogens is 226 g/mol. The lowest BCUT2D eigenvalue weighted by molar-refractivity contribution is -0.116. The molecule has 0 unspecified atom stereocenters. The minimum Gasteiger partial charge on any atom is -0.368 e. The van der Waals surface area contributed by atoms with Crippen molar-refractivity contribution in [3.05, 3.63) is 28.8 Å². The standard InChI is InChI=1S/C11H12ClN3O/c1-2-15(7-11(14)16)10-4-3-8(6-13)5-9(10)12/h3-5H,2,7H2,1H3,(H2,14,16). The molecule has 4 nitrogen and oxygen atoms in total. The SMILES string of the molecule is CCN(CC(N)=O)c1ccc(C#N)cc1Cl. The number of nitriles is 1. The van der Waals surface area contributed by atoms with Crippen LogP contribution in [0.25, 0.3) is 0 Å². The Kier molecular flexibility index (Phi) is 4.15. The third kappa shape index (κ3) is 2.88. The molecule has 0 saturated heterocycles. The maximum absolute atomic E-state index is 10.9. The van der Waals surface area contributed by atoms with Crippen LogP contribution in [-0.2, 0) is 4.79 Å². The molecule has 5 heteroatoms. The van der Waals surface area contributed by atoms with Crippen LogP contribution in [0, 0.1) is 11.3 Å². The van der Waals surface area contributed by atoms with E-state index in [1.54, 1.807) is 23.1 Å². The van der Waals surface area contributed by atoms with Crippen molar-refractivity contribution in [3.8, 4) is 6.07 Å². The second kappa shape index (κ2) is 5.38. The van der Waals surface area contributed by atoms with Crippen LogP contribution in [0.3, 0.4) is 0 Å². The van der Waals surface area contributed by atoms with Gasteiger partial charge < -0.3 is 10.6 Å². The summed E-state index contributed by atoms with van der Waals surface area (Å²) in [6.45, 7) is 2.63. The highest BCUT2D eigenvalue weighted by Crippen LogP contribution is 2.26. The van der Waals surface area contributed by atoms with Gasteiger partial charge in [0.15, 0.2) is 0 Å². The Labute approximate surface area is 99.2 Å². The van der Waals surface area contributed by atoms with Gasteiger partial charge in [0.25, 0.3) is 0 Å². The highest BCUT2D eigenvalue weighted by Gasteiger charge is 2.11. The molecule has 0 fully saturated rings. The molecule has 0 heterocycles. The number of anilines is 1. The van der Waals surface area contributed by atoms with Crippen molar-refractivity contribution in [2.24, 2.45) is 5.73 Å². The number of benzene rings is 1. The van der Waals surface area contributed by atoms with Crippen molar-refractivity contribution < 1.29 is 4.79 Å². The molecule has 1 aromatic carbocycles. The van der Waals surface area contributed by atoms with Crippen molar-refractivity contribution in [3.63, 3.8) is 0 Å². The van der Waals surface area contributed by atoms with Crippen molar-refractivity contribution in [1.82, 2.24) is 0 Å². The van der Waals surface area contributed by atoms with Crippen LogP contribution < -0.4 is 10.6 Å². The fourth-order valence-corrected chi connectivity index (χ4v) is 1.69. The molecule has 0 aliphatic rings. The highest BCUT2D eigenvalue weighted by molar-refractivity contribution is 6.33.